The monoisotopic (exact) mass is 326 g/mol. The van der Waals surface area contributed by atoms with Crippen LogP contribution in [0.2, 0.25) is 0 Å². The molecule has 6 heteroatoms. The summed E-state index contributed by atoms with van der Waals surface area (Å²) >= 11 is 3.06. The van der Waals surface area contributed by atoms with Gasteiger partial charge >= 0.3 is 5.97 Å². The number of hydrogen-bond acceptors (Lipinski definition) is 3. The van der Waals surface area contributed by atoms with E-state index in [0.29, 0.717) is 12.2 Å². The van der Waals surface area contributed by atoms with Crippen LogP contribution >= 0.6 is 15.9 Å². The fourth-order valence-electron chi connectivity index (χ4n) is 2.35. The standard InChI is InChI=1S/C13H12BrFN2O2/c1-7-5-17(6-9(7)13(18)19)10-3-2-8(4-16)11(14)12(10)15/h2-3,7,9H,5-6H2,1H3,(H,18,19)/t7-,9-/m1/s1. The van der Waals surface area contributed by atoms with Crippen LogP contribution in [0.15, 0.2) is 16.6 Å². The number of nitriles is 1. The molecule has 1 fully saturated rings. The highest BCUT2D eigenvalue weighted by Crippen LogP contribution is 2.34. The molecular formula is C13H12BrFN2O2. The number of carboxylic acids is 1. The Morgan fingerprint density at radius 2 is 2.26 bits per heavy atom. The minimum Gasteiger partial charge on any atom is -0.481 e. The number of nitrogens with zero attached hydrogens (tertiary/aromatic N) is 2. The van der Waals surface area contributed by atoms with Gasteiger partial charge in [-0.25, -0.2) is 4.39 Å². The van der Waals surface area contributed by atoms with Crippen LogP contribution in [0.1, 0.15) is 12.5 Å². The Morgan fingerprint density at radius 1 is 1.58 bits per heavy atom. The number of anilines is 1. The lowest BCUT2D eigenvalue weighted by Gasteiger charge is -2.19. The number of aliphatic carboxylic acids is 1. The SMILES string of the molecule is C[C@@H]1CN(c2ccc(C#N)c(Br)c2F)C[C@H]1C(=O)O. The molecule has 1 heterocycles. The Labute approximate surface area is 118 Å². The lowest BCUT2D eigenvalue weighted by atomic mass is 9.99. The molecule has 4 nitrogen and oxygen atoms in total. The summed E-state index contributed by atoms with van der Waals surface area (Å²) in [6.45, 7) is 2.62. The van der Waals surface area contributed by atoms with Gasteiger partial charge in [-0.15, -0.1) is 0 Å². The summed E-state index contributed by atoms with van der Waals surface area (Å²) in [5, 5.41) is 17.9. The van der Waals surface area contributed by atoms with E-state index in [1.807, 2.05) is 13.0 Å². The second kappa shape index (κ2) is 5.17. The second-order valence-electron chi connectivity index (χ2n) is 4.70. The molecule has 0 radical (unpaired) electrons. The van der Waals surface area contributed by atoms with Crippen LogP contribution in [0.4, 0.5) is 10.1 Å². The van der Waals surface area contributed by atoms with E-state index < -0.39 is 17.7 Å². The van der Waals surface area contributed by atoms with Gasteiger partial charge in [0.2, 0.25) is 0 Å². The van der Waals surface area contributed by atoms with Crippen molar-refractivity contribution in [2.24, 2.45) is 11.8 Å². The van der Waals surface area contributed by atoms with Crippen molar-refractivity contribution in [1.82, 2.24) is 0 Å². The maximum absolute atomic E-state index is 14.2. The average molecular weight is 327 g/mol. The lowest BCUT2D eigenvalue weighted by Crippen LogP contribution is -2.23. The minimum atomic E-state index is -0.858. The van der Waals surface area contributed by atoms with Crippen LogP contribution < -0.4 is 4.90 Å². The molecule has 2 rings (SSSR count). The molecule has 19 heavy (non-hydrogen) atoms. The number of carbonyl (C=O) groups is 1. The second-order valence-corrected chi connectivity index (χ2v) is 5.49. The van der Waals surface area contributed by atoms with Crippen molar-refractivity contribution in [2.75, 3.05) is 18.0 Å². The molecule has 0 amide bonds. The first-order chi connectivity index (χ1) is 8.95. The zero-order valence-corrected chi connectivity index (χ0v) is 11.8. The van der Waals surface area contributed by atoms with Gasteiger partial charge in [-0.05, 0) is 34.0 Å². The largest absolute Gasteiger partial charge is 0.481 e. The fraction of sp³-hybridized carbons (Fsp3) is 0.385. The van der Waals surface area contributed by atoms with E-state index in [1.165, 1.54) is 12.1 Å². The molecule has 2 atom stereocenters. The molecule has 1 aromatic rings. The van der Waals surface area contributed by atoms with Crippen LogP contribution in [-0.4, -0.2) is 24.2 Å². The van der Waals surface area contributed by atoms with Crippen molar-refractivity contribution >= 4 is 27.6 Å². The fourth-order valence-corrected chi connectivity index (χ4v) is 2.78. The highest BCUT2D eigenvalue weighted by atomic mass is 79.9. The Balaban J connectivity index is 2.33. The van der Waals surface area contributed by atoms with Gasteiger partial charge in [0, 0.05) is 13.1 Å². The van der Waals surface area contributed by atoms with E-state index in [2.05, 4.69) is 15.9 Å². The van der Waals surface area contributed by atoms with Crippen molar-refractivity contribution in [3.63, 3.8) is 0 Å². The van der Waals surface area contributed by atoms with Crippen molar-refractivity contribution in [2.45, 2.75) is 6.92 Å². The highest BCUT2D eigenvalue weighted by molar-refractivity contribution is 9.10. The predicted molar refractivity (Wildman–Crippen MR) is 71.3 cm³/mol. The van der Waals surface area contributed by atoms with Crippen LogP contribution in [0.3, 0.4) is 0 Å². The average Bonchev–Trinajstić information content (AvgIpc) is 2.74. The molecule has 0 bridgehead atoms. The number of hydrogen-bond donors (Lipinski definition) is 1. The topological polar surface area (TPSA) is 64.3 Å². The van der Waals surface area contributed by atoms with E-state index in [1.54, 1.807) is 4.90 Å². The lowest BCUT2D eigenvalue weighted by molar-refractivity contribution is -0.142. The molecule has 1 N–H and O–H groups in total. The maximum atomic E-state index is 14.2. The number of benzene rings is 1. The summed E-state index contributed by atoms with van der Waals surface area (Å²) in [4.78, 5) is 12.8. The zero-order valence-electron chi connectivity index (χ0n) is 10.2. The van der Waals surface area contributed by atoms with Gasteiger partial charge in [0.1, 0.15) is 6.07 Å². The van der Waals surface area contributed by atoms with Gasteiger partial charge in [-0.1, -0.05) is 6.92 Å². The van der Waals surface area contributed by atoms with Crippen LogP contribution in [0, 0.1) is 29.0 Å². The molecule has 0 spiro atoms. The Kier molecular flexibility index (Phi) is 3.76. The first kappa shape index (κ1) is 13.8. The van der Waals surface area contributed by atoms with Crippen molar-refractivity contribution < 1.29 is 14.3 Å². The molecule has 1 aliphatic rings. The van der Waals surface area contributed by atoms with Gasteiger partial charge in [0.15, 0.2) is 5.82 Å². The van der Waals surface area contributed by atoms with Crippen LogP contribution in [0.25, 0.3) is 0 Å². The third-order valence-corrected chi connectivity index (χ3v) is 4.23. The molecule has 0 aliphatic carbocycles. The number of rotatable bonds is 2. The minimum absolute atomic E-state index is 0.0358. The molecule has 1 saturated heterocycles. The third-order valence-electron chi connectivity index (χ3n) is 3.45. The summed E-state index contributed by atoms with van der Waals surface area (Å²) in [6.07, 6.45) is 0. The summed E-state index contributed by atoms with van der Waals surface area (Å²) in [7, 11) is 0. The summed E-state index contributed by atoms with van der Waals surface area (Å²) in [6, 6.07) is 4.94. The molecule has 100 valence electrons. The van der Waals surface area contributed by atoms with Crippen LogP contribution in [-0.2, 0) is 4.79 Å². The van der Waals surface area contributed by atoms with E-state index in [0.717, 1.165) is 0 Å². The van der Waals surface area contributed by atoms with Gasteiger partial charge in [-0.3, -0.25) is 4.79 Å². The van der Waals surface area contributed by atoms with Crippen LogP contribution in [0.5, 0.6) is 0 Å². The molecular weight excluding hydrogens is 315 g/mol. The van der Waals surface area contributed by atoms with E-state index in [9.17, 15) is 9.18 Å². The summed E-state index contributed by atoms with van der Waals surface area (Å²) in [5.74, 6) is -1.90. The normalized spacial score (nSPS) is 22.3. The Bertz CT molecular complexity index is 570. The molecule has 1 aromatic carbocycles. The first-order valence-corrected chi connectivity index (χ1v) is 6.60. The smallest absolute Gasteiger partial charge is 0.308 e. The van der Waals surface area contributed by atoms with E-state index in [-0.39, 0.29) is 22.5 Å². The van der Waals surface area contributed by atoms with Gasteiger partial charge in [0.25, 0.3) is 0 Å². The molecule has 0 aromatic heterocycles. The number of carboxylic acid groups (broad SMARTS) is 1. The van der Waals surface area contributed by atoms with Crippen molar-refractivity contribution in [1.29, 1.82) is 5.26 Å². The van der Waals surface area contributed by atoms with Gasteiger partial charge in [-0.2, -0.15) is 5.26 Å². The number of halogens is 2. The Hall–Kier alpha value is -1.61. The van der Waals surface area contributed by atoms with Crippen molar-refractivity contribution in [3.05, 3.63) is 28.0 Å². The van der Waals surface area contributed by atoms with Crippen molar-refractivity contribution in [3.8, 4) is 6.07 Å². The van der Waals surface area contributed by atoms with E-state index in [4.69, 9.17) is 10.4 Å². The quantitative estimate of drug-likeness (QED) is 0.907. The third kappa shape index (κ3) is 2.43. The summed E-state index contributed by atoms with van der Waals surface area (Å²) < 4.78 is 14.3. The first-order valence-electron chi connectivity index (χ1n) is 5.81. The predicted octanol–water partition coefficient (Wildman–Crippen LogP) is 2.62. The zero-order chi connectivity index (χ0) is 14.2. The Morgan fingerprint density at radius 3 is 2.79 bits per heavy atom. The molecule has 0 saturated carbocycles. The molecule has 1 aliphatic heterocycles. The maximum Gasteiger partial charge on any atom is 0.308 e. The van der Waals surface area contributed by atoms with Gasteiger partial charge in [0.05, 0.1) is 21.6 Å². The highest BCUT2D eigenvalue weighted by Gasteiger charge is 2.36. The van der Waals surface area contributed by atoms with E-state index >= 15 is 0 Å². The molecule has 0 unspecified atom stereocenters. The summed E-state index contributed by atoms with van der Waals surface area (Å²) in [5.41, 5.74) is 0.560. The van der Waals surface area contributed by atoms with Gasteiger partial charge < -0.3 is 10.0 Å².